The summed E-state index contributed by atoms with van der Waals surface area (Å²) in [6, 6.07) is 1.30. The minimum atomic E-state index is 0.353. The van der Waals surface area contributed by atoms with Crippen molar-refractivity contribution in [1.82, 2.24) is 4.90 Å². The fourth-order valence-electron chi connectivity index (χ4n) is 5.26. The van der Waals surface area contributed by atoms with Crippen molar-refractivity contribution in [1.29, 1.82) is 0 Å². The molecule has 0 radical (unpaired) electrons. The van der Waals surface area contributed by atoms with Crippen molar-refractivity contribution in [2.75, 3.05) is 13.1 Å². The van der Waals surface area contributed by atoms with E-state index < -0.39 is 0 Å². The first-order valence-corrected chi connectivity index (χ1v) is 9.07. The van der Waals surface area contributed by atoms with Gasteiger partial charge in [-0.3, -0.25) is 4.90 Å². The predicted octanol–water partition coefficient (Wildman–Crippen LogP) is 3.79. The molecule has 20 heavy (non-hydrogen) atoms. The van der Waals surface area contributed by atoms with Crippen molar-refractivity contribution in [3.63, 3.8) is 0 Å². The summed E-state index contributed by atoms with van der Waals surface area (Å²) >= 11 is 0. The molecular formula is C18H34N2. The van der Waals surface area contributed by atoms with E-state index in [4.69, 9.17) is 5.73 Å². The van der Waals surface area contributed by atoms with Crippen LogP contribution in [0.5, 0.6) is 0 Å². The Morgan fingerprint density at radius 3 is 2.50 bits per heavy atom. The zero-order chi connectivity index (χ0) is 14.2. The van der Waals surface area contributed by atoms with Crippen LogP contribution in [0.3, 0.4) is 0 Å². The van der Waals surface area contributed by atoms with E-state index in [1.807, 2.05) is 0 Å². The van der Waals surface area contributed by atoms with Gasteiger partial charge in [0.1, 0.15) is 0 Å². The van der Waals surface area contributed by atoms with Crippen molar-refractivity contribution in [3.05, 3.63) is 0 Å². The van der Waals surface area contributed by atoms with Gasteiger partial charge in [0.2, 0.25) is 0 Å². The molecule has 3 unspecified atom stereocenters. The maximum Gasteiger partial charge on any atom is 0.0131 e. The second kappa shape index (κ2) is 5.96. The molecule has 0 aromatic heterocycles. The summed E-state index contributed by atoms with van der Waals surface area (Å²) in [6.45, 7) is 7.38. The van der Waals surface area contributed by atoms with Crippen molar-refractivity contribution >= 4 is 0 Å². The normalized spacial score (nSPS) is 39.5. The van der Waals surface area contributed by atoms with Crippen LogP contribution in [0.15, 0.2) is 0 Å². The molecule has 3 rings (SSSR count). The molecule has 0 bridgehead atoms. The summed E-state index contributed by atoms with van der Waals surface area (Å²) < 4.78 is 0. The number of nitrogens with zero attached hydrogens (tertiary/aromatic N) is 1. The molecule has 0 aromatic rings. The van der Waals surface area contributed by atoms with Gasteiger partial charge in [0.25, 0.3) is 0 Å². The highest BCUT2D eigenvalue weighted by Gasteiger charge is 2.40. The first-order chi connectivity index (χ1) is 9.58. The Bertz CT molecular complexity index is 319. The lowest BCUT2D eigenvalue weighted by Gasteiger charge is -2.44. The SMILES string of the molecule is CC1(C)CCCC(CN2CCCC2C2CCCC2)C1N. The number of nitrogens with two attached hydrogens (primary N) is 1. The maximum absolute atomic E-state index is 6.61. The zero-order valence-electron chi connectivity index (χ0n) is 13.6. The van der Waals surface area contributed by atoms with Gasteiger partial charge < -0.3 is 5.73 Å². The van der Waals surface area contributed by atoms with Crippen molar-refractivity contribution in [3.8, 4) is 0 Å². The Morgan fingerprint density at radius 1 is 1.00 bits per heavy atom. The van der Waals surface area contributed by atoms with Crippen LogP contribution in [0, 0.1) is 17.3 Å². The summed E-state index contributed by atoms with van der Waals surface area (Å²) in [7, 11) is 0. The van der Waals surface area contributed by atoms with Gasteiger partial charge in [0.05, 0.1) is 0 Å². The Kier molecular flexibility index (Phi) is 4.42. The van der Waals surface area contributed by atoms with Gasteiger partial charge in [-0.25, -0.2) is 0 Å². The third-order valence-electron chi connectivity index (χ3n) is 6.63. The van der Waals surface area contributed by atoms with Crippen molar-refractivity contribution in [2.45, 2.75) is 83.7 Å². The van der Waals surface area contributed by atoms with Crippen molar-refractivity contribution in [2.24, 2.45) is 23.0 Å². The summed E-state index contributed by atoms with van der Waals surface area (Å²) in [6.07, 6.45) is 12.9. The average Bonchev–Trinajstić information content (AvgIpc) is 3.05. The first-order valence-electron chi connectivity index (χ1n) is 9.07. The van der Waals surface area contributed by atoms with Crippen LogP contribution >= 0.6 is 0 Å². The smallest absolute Gasteiger partial charge is 0.0131 e. The Labute approximate surface area is 125 Å². The fourth-order valence-corrected chi connectivity index (χ4v) is 5.26. The molecular weight excluding hydrogens is 244 g/mol. The van der Waals surface area contributed by atoms with E-state index in [-0.39, 0.29) is 0 Å². The van der Waals surface area contributed by atoms with E-state index in [1.54, 1.807) is 0 Å². The number of hydrogen-bond acceptors (Lipinski definition) is 2. The maximum atomic E-state index is 6.61. The molecule has 2 saturated carbocycles. The molecule has 1 heterocycles. The second-order valence-electron chi connectivity index (χ2n) is 8.42. The predicted molar refractivity (Wildman–Crippen MR) is 85.7 cm³/mol. The van der Waals surface area contributed by atoms with E-state index in [2.05, 4.69) is 18.7 Å². The highest BCUT2D eigenvalue weighted by atomic mass is 15.2. The van der Waals surface area contributed by atoms with Crippen LogP contribution in [-0.2, 0) is 0 Å². The molecule has 3 atom stereocenters. The highest BCUT2D eigenvalue weighted by Crippen LogP contribution is 2.40. The largest absolute Gasteiger partial charge is 0.327 e. The lowest BCUT2D eigenvalue weighted by Crippen LogP contribution is -2.51. The molecule has 2 heteroatoms. The summed E-state index contributed by atoms with van der Waals surface area (Å²) in [5.41, 5.74) is 6.96. The standard InChI is InChI=1S/C18H34N2/c1-18(2)11-5-9-15(17(18)19)13-20-12-6-10-16(20)14-7-3-4-8-14/h14-17H,3-13,19H2,1-2H3. The van der Waals surface area contributed by atoms with E-state index in [9.17, 15) is 0 Å². The van der Waals surface area contributed by atoms with Gasteiger partial charge >= 0.3 is 0 Å². The molecule has 3 fully saturated rings. The van der Waals surface area contributed by atoms with E-state index in [0.717, 1.165) is 17.9 Å². The van der Waals surface area contributed by atoms with Gasteiger partial charge in [0.15, 0.2) is 0 Å². The molecule has 2 N–H and O–H groups in total. The molecule has 2 nitrogen and oxygen atoms in total. The molecule has 1 saturated heterocycles. The van der Waals surface area contributed by atoms with Crippen LogP contribution in [0.2, 0.25) is 0 Å². The van der Waals surface area contributed by atoms with Crippen LogP contribution in [0.1, 0.15) is 71.6 Å². The lowest BCUT2D eigenvalue weighted by atomic mass is 9.68. The molecule has 1 aliphatic heterocycles. The monoisotopic (exact) mass is 278 g/mol. The van der Waals surface area contributed by atoms with Crippen LogP contribution in [0.4, 0.5) is 0 Å². The molecule has 0 spiro atoms. The lowest BCUT2D eigenvalue weighted by molar-refractivity contribution is 0.0855. The van der Waals surface area contributed by atoms with E-state index >= 15 is 0 Å². The van der Waals surface area contributed by atoms with E-state index in [0.29, 0.717) is 11.5 Å². The molecule has 3 aliphatic rings. The minimum absolute atomic E-state index is 0.353. The van der Waals surface area contributed by atoms with Crippen LogP contribution in [-0.4, -0.2) is 30.1 Å². The number of rotatable bonds is 3. The molecule has 116 valence electrons. The average molecular weight is 278 g/mol. The first kappa shape index (κ1) is 14.8. The number of likely N-dealkylation sites (tertiary alicyclic amines) is 1. The molecule has 0 amide bonds. The van der Waals surface area contributed by atoms with Crippen LogP contribution < -0.4 is 5.73 Å². The Balaban J connectivity index is 1.61. The van der Waals surface area contributed by atoms with Gasteiger partial charge in [-0.2, -0.15) is 0 Å². The third-order valence-corrected chi connectivity index (χ3v) is 6.63. The van der Waals surface area contributed by atoms with Gasteiger partial charge in [0, 0.05) is 18.6 Å². The minimum Gasteiger partial charge on any atom is -0.327 e. The fraction of sp³-hybridized carbons (Fsp3) is 1.00. The number of hydrogen-bond donors (Lipinski definition) is 1. The molecule has 2 aliphatic carbocycles. The zero-order valence-corrected chi connectivity index (χ0v) is 13.6. The summed E-state index contributed by atoms with van der Waals surface area (Å²) in [4.78, 5) is 2.84. The second-order valence-corrected chi connectivity index (χ2v) is 8.42. The quantitative estimate of drug-likeness (QED) is 0.851. The third kappa shape index (κ3) is 2.92. The van der Waals surface area contributed by atoms with Crippen LogP contribution in [0.25, 0.3) is 0 Å². The summed E-state index contributed by atoms with van der Waals surface area (Å²) in [5.74, 6) is 1.74. The summed E-state index contributed by atoms with van der Waals surface area (Å²) in [5, 5.41) is 0. The van der Waals surface area contributed by atoms with Crippen molar-refractivity contribution < 1.29 is 0 Å². The Hall–Kier alpha value is -0.0800. The highest BCUT2D eigenvalue weighted by molar-refractivity contribution is 4.95. The topological polar surface area (TPSA) is 29.3 Å². The van der Waals surface area contributed by atoms with Gasteiger partial charge in [-0.05, 0) is 62.3 Å². The Morgan fingerprint density at radius 2 is 1.75 bits per heavy atom. The molecule has 0 aromatic carbocycles. The van der Waals surface area contributed by atoms with Gasteiger partial charge in [-0.1, -0.05) is 33.1 Å². The van der Waals surface area contributed by atoms with Gasteiger partial charge in [-0.15, -0.1) is 0 Å². The van der Waals surface area contributed by atoms with E-state index in [1.165, 1.54) is 70.9 Å².